The average molecular weight is 449 g/mol. The van der Waals surface area contributed by atoms with E-state index in [9.17, 15) is 32.3 Å². The molecule has 0 aliphatic rings. The largest absolute Gasteiger partial charge is 0.478 e. The summed E-state index contributed by atoms with van der Waals surface area (Å²) in [7, 11) is 0. The van der Waals surface area contributed by atoms with Crippen LogP contribution < -0.4 is 5.32 Å². The average Bonchev–Trinajstić information content (AvgIpc) is 3.31. The molecule has 0 saturated carbocycles. The van der Waals surface area contributed by atoms with E-state index in [-0.39, 0.29) is 32.9 Å². The number of hydrogen-bond donors (Lipinski definition) is 2. The van der Waals surface area contributed by atoms with Gasteiger partial charge in [0, 0.05) is 22.6 Å². The molecule has 1 aromatic carbocycles. The summed E-state index contributed by atoms with van der Waals surface area (Å²) in [6.45, 7) is 1.36. The first-order valence-electron chi connectivity index (χ1n) is 8.63. The molecule has 0 radical (unpaired) electrons. The van der Waals surface area contributed by atoms with Crippen molar-refractivity contribution in [3.63, 3.8) is 0 Å². The lowest BCUT2D eigenvalue weighted by atomic mass is 10.0. The van der Waals surface area contributed by atoms with Crippen LogP contribution in [-0.2, 0) is 0 Å². The molecule has 0 unspecified atom stereocenters. The normalized spacial score (nSPS) is 11.1. The van der Waals surface area contributed by atoms with Gasteiger partial charge in [0.25, 0.3) is 5.91 Å². The second kappa shape index (κ2) is 7.51. The van der Waals surface area contributed by atoms with Gasteiger partial charge in [-0.1, -0.05) is 12.1 Å². The van der Waals surface area contributed by atoms with Crippen molar-refractivity contribution >= 4 is 33.7 Å². The molecule has 1 amide bonds. The molecule has 4 rings (SSSR count). The summed E-state index contributed by atoms with van der Waals surface area (Å²) in [6, 6.07) is 4.24. The number of aryl methyl sites for hydroxylation is 1. The number of fused-ring (bicyclic) bond motifs is 1. The van der Waals surface area contributed by atoms with Crippen LogP contribution in [0.5, 0.6) is 0 Å². The third-order valence-electron chi connectivity index (χ3n) is 4.52. The van der Waals surface area contributed by atoms with Gasteiger partial charge in [-0.25, -0.2) is 26.9 Å². The van der Waals surface area contributed by atoms with Crippen molar-refractivity contribution in [2.24, 2.45) is 0 Å². The molecule has 11 heteroatoms. The molecule has 0 fully saturated rings. The molecule has 3 heterocycles. The number of hydrogen-bond acceptors (Lipinski definition) is 4. The van der Waals surface area contributed by atoms with E-state index in [4.69, 9.17) is 0 Å². The number of nitrogens with zero attached hydrogens (tertiary/aromatic N) is 2. The highest BCUT2D eigenvalue weighted by Crippen LogP contribution is 2.38. The first-order chi connectivity index (χ1) is 14.7. The van der Waals surface area contributed by atoms with Crippen LogP contribution in [0.2, 0.25) is 0 Å². The number of aromatic carboxylic acids is 1. The third kappa shape index (κ3) is 3.52. The molecule has 0 aliphatic heterocycles. The van der Waals surface area contributed by atoms with Crippen molar-refractivity contribution in [1.29, 1.82) is 0 Å². The number of anilines is 1. The molecule has 3 aromatic heterocycles. The van der Waals surface area contributed by atoms with Crippen molar-refractivity contribution in [2.45, 2.75) is 6.92 Å². The van der Waals surface area contributed by atoms with Crippen LogP contribution in [0.1, 0.15) is 26.4 Å². The Balaban J connectivity index is 1.73. The molecule has 0 atom stereocenters. The number of carboxylic acid groups (broad SMARTS) is 1. The third-order valence-corrected chi connectivity index (χ3v) is 5.42. The van der Waals surface area contributed by atoms with Crippen LogP contribution in [0.25, 0.3) is 16.6 Å². The monoisotopic (exact) mass is 449 g/mol. The number of pyridine rings is 1. The fourth-order valence-electron chi connectivity index (χ4n) is 3.01. The SMILES string of the molecule is Cc1ccc(-c2csc(NC(=O)c3cc4c(F)cc(F)cn4n3)c2C(=O)O)c(F)c1F. The lowest BCUT2D eigenvalue weighted by Gasteiger charge is -2.07. The molecular formula is C20H11F4N3O3S. The number of carbonyl (C=O) groups excluding carboxylic acids is 1. The molecular weight excluding hydrogens is 438 g/mol. The Bertz CT molecular complexity index is 1380. The number of nitrogens with one attached hydrogen (secondary N) is 1. The van der Waals surface area contributed by atoms with Crippen LogP contribution in [0.3, 0.4) is 0 Å². The smallest absolute Gasteiger partial charge is 0.339 e. The van der Waals surface area contributed by atoms with E-state index in [2.05, 4.69) is 10.4 Å². The van der Waals surface area contributed by atoms with E-state index in [1.807, 2.05) is 0 Å². The summed E-state index contributed by atoms with van der Waals surface area (Å²) in [5, 5.41) is 16.8. The zero-order valence-corrected chi connectivity index (χ0v) is 16.4. The van der Waals surface area contributed by atoms with E-state index in [1.165, 1.54) is 24.4 Å². The number of benzene rings is 1. The highest BCUT2D eigenvalue weighted by atomic mass is 32.1. The topological polar surface area (TPSA) is 83.7 Å². The highest BCUT2D eigenvalue weighted by molar-refractivity contribution is 7.15. The van der Waals surface area contributed by atoms with Gasteiger partial charge in [-0.05, 0) is 18.6 Å². The van der Waals surface area contributed by atoms with Crippen LogP contribution in [0.4, 0.5) is 22.6 Å². The second-order valence-corrected chi connectivity index (χ2v) is 7.42. The van der Waals surface area contributed by atoms with Gasteiger partial charge >= 0.3 is 5.97 Å². The maximum absolute atomic E-state index is 14.4. The van der Waals surface area contributed by atoms with Crippen molar-refractivity contribution in [3.05, 3.63) is 75.9 Å². The molecule has 31 heavy (non-hydrogen) atoms. The Kier molecular flexibility index (Phi) is 4.97. The van der Waals surface area contributed by atoms with Crippen LogP contribution >= 0.6 is 11.3 Å². The van der Waals surface area contributed by atoms with E-state index < -0.39 is 40.7 Å². The van der Waals surface area contributed by atoms with Crippen molar-refractivity contribution in [2.75, 3.05) is 5.32 Å². The molecule has 6 nitrogen and oxygen atoms in total. The molecule has 158 valence electrons. The van der Waals surface area contributed by atoms with Gasteiger partial charge in [-0.2, -0.15) is 5.10 Å². The van der Waals surface area contributed by atoms with E-state index in [0.717, 1.165) is 28.1 Å². The summed E-state index contributed by atoms with van der Waals surface area (Å²) in [5.74, 6) is -6.53. The predicted octanol–water partition coefficient (Wildman–Crippen LogP) is 4.88. The van der Waals surface area contributed by atoms with Gasteiger partial charge in [-0.15, -0.1) is 11.3 Å². The molecule has 0 bridgehead atoms. The highest BCUT2D eigenvalue weighted by Gasteiger charge is 2.25. The molecule has 0 aliphatic carbocycles. The number of halogens is 4. The minimum atomic E-state index is -1.48. The number of amides is 1. The minimum Gasteiger partial charge on any atom is -0.478 e. The standard InChI is InChI=1S/C20H11F4N3O3S/c1-8-2-3-10(17(24)16(8)23)11-7-31-19(15(11)20(29)30)25-18(28)13-5-14-12(22)4-9(21)6-27(14)26-13/h2-7H,1H3,(H,25,28)(H,29,30). The summed E-state index contributed by atoms with van der Waals surface area (Å²) in [6.07, 6.45) is 0.871. The minimum absolute atomic E-state index is 0.0531. The Hall–Kier alpha value is -3.73. The number of carbonyl (C=O) groups is 2. The first-order valence-corrected chi connectivity index (χ1v) is 9.51. The van der Waals surface area contributed by atoms with Gasteiger partial charge < -0.3 is 10.4 Å². The zero-order chi connectivity index (χ0) is 22.4. The Morgan fingerprint density at radius 2 is 1.84 bits per heavy atom. The number of aromatic nitrogens is 2. The number of thiophene rings is 1. The Morgan fingerprint density at radius 3 is 2.55 bits per heavy atom. The zero-order valence-electron chi connectivity index (χ0n) is 15.5. The van der Waals surface area contributed by atoms with Crippen LogP contribution in [0, 0.1) is 30.2 Å². The predicted molar refractivity (Wildman–Crippen MR) is 104 cm³/mol. The van der Waals surface area contributed by atoms with Gasteiger partial charge in [0.05, 0.1) is 6.20 Å². The fraction of sp³-hybridized carbons (Fsp3) is 0.0500. The van der Waals surface area contributed by atoms with Crippen LogP contribution in [0.15, 0.2) is 35.8 Å². The molecule has 2 N–H and O–H groups in total. The summed E-state index contributed by atoms with van der Waals surface area (Å²) >= 11 is 0.783. The van der Waals surface area contributed by atoms with Crippen molar-refractivity contribution in [3.8, 4) is 11.1 Å². The van der Waals surface area contributed by atoms with E-state index in [0.29, 0.717) is 6.07 Å². The summed E-state index contributed by atoms with van der Waals surface area (Å²) in [5.41, 5.74) is -1.24. The second-order valence-electron chi connectivity index (χ2n) is 6.54. The maximum atomic E-state index is 14.4. The quantitative estimate of drug-likeness (QED) is 0.435. The number of carboxylic acids is 1. The van der Waals surface area contributed by atoms with E-state index in [1.54, 1.807) is 0 Å². The lowest BCUT2D eigenvalue weighted by Crippen LogP contribution is -2.14. The van der Waals surface area contributed by atoms with Gasteiger partial charge in [0.1, 0.15) is 21.9 Å². The van der Waals surface area contributed by atoms with E-state index >= 15 is 0 Å². The van der Waals surface area contributed by atoms with Gasteiger partial charge in [0.2, 0.25) is 0 Å². The summed E-state index contributed by atoms with van der Waals surface area (Å²) in [4.78, 5) is 24.4. The molecule has 0 saturated heterocycles. The van der Waals surface area contributed by atoms with Gasteiger partial charge in [-0.3, -0.25) is 4.79 Å². The molecule has 0 spiro atoms. The fourth-order valence-corrected chi connectivity index (χ4v) is 3.96. The molecule has 4 aromatic rings. The maximum Gasteiger partial charge on any atom is 0.339 e. The Morgan fingerprint density at radius 1 is 1.10 bits per heavy atom. The Labute approximate surface area is 175 Å². The summed E-state index contributed by atoms with van der Waals surface area (Å²) < 4.78 is 56.3. The lowest BCUT2D eigenvalue weighted by molar-refractivity contribution is 0.0699. The van der Waals surface area contributed by atoms with Crippen molar-refractivity contribution in [1.82, 2.24) is 9.61 Å². The number of rotatable bonds is 4. The van der Waals surface area contributed by atoms with Gasteiger partial charge in [0.15, 0.2) is 23.1 Å². The first kappa shape index (κ1) is 20.5. The van der Waals surface area contributed by atoms with Crippen molar-refractivity contribution < 1.29 is 32.3 Å². The van der Waals surface area contributed by atoms with Crippen LogP contribution in [-0.4, -0.2) is 26.6 Å².